The van der Waals surface area contributed by atoms with Crippen molar-refractivity contribution in [3.05, 3.63) is 29.8 Å². The number of benzene rings is 1. The third-order valence-corrected chi connectivity index (χ3v) is 6.44. The van der Waals surface area contributed by atoms with Gasteiger partial charge in [-0.2, -0.15) is 0 Å². The quantitative estimate of drug-likeness (QED) is 0.331. The predicted molar refractivity (Wildman–Crippen MR) is 127 cm³/mol. The standard InChI is InChI=1S/C22H39N5O2S/c1-19-8-7-9-21(18-19)27-15-13-26(14-16-27)12-6-5-11-24-22(23-3)25-20(2)10-17-30(4,28)29/h7-9,18,20H,5-6,10-17H2,1-4H3,(H2,23,24,25). The summed E-state index contributed by atoms with van der Waals surface area (Å²) in [5.74, 6) is 0.928. The summed E-state index contributed by atoms with van der Waals surface area (Å²) in [4.78, 5) is 9.26. The van der Waals surface area contributed by atoms with Crippen molar-refractivity contribution in [1.29, 1.82) is 0 Å². The van der Waals surface area contributed by atoms with Gasteiger partial charge in [0.15, 0.2) is 5.96 Å². The molecular formula is C22H39N5O2S. The Hall–Kier alpha value is -1.80. The van der Waals surface area contributed by atoms with E-state index in [-0.39, 0.29) is 11.8 Å². The van der Waals surface area contributed by atoms with Crippen molar-refractivity contribution in [2.75, 3.05) is 63.2 Å². The number of hydrogen-bond donors (Lipinski definition) is 2. The summed E-state index contributed by atoms with van der Waals surface area (Å²) in [5, 5.41) is 6.59. The normalized spacial score (nSPS) is 17.1. The molecule has 0 radical (unpaired) electrons. The van der Waals surface area contributed by atoms with Gasteiger partial charge >= 0.3 is 0 Å². The van der Waals surface area contributed by atoms with E-state index in [0.29, 0.717) is 6.42 Å². The Bertz CT molecular complexity index is 773. The number of hydrogen-bond acceptors (Lipinski definition) is 5. The van der Waals surface area contributed by atoms with E-state index in [2.05, 4.69) is 56.6 Å². The molecule has 2 rings (SSSR count). The third kappa shape index (κ3) is 9.34. The van der Waals surface area contributed by atoms with Crippen molar-refractivity contribution in [3.8, 4) is 0 Å². The Labute approximate surface area is 182 Å². The molecule has 0 spiro atoms. The summed E-state index contributed by atoms with van der Waals surface area (Å²) in [6, 6.07) is 8.82. The maximum absolute atomic E-state index is 11.3. The molecule has 0 amide bonds. The van der Waals surface area contributed by atoms with Crippen LogP contribution in [0.4, 0.5) is 5.69 Å². The SMILES string of the molecule is CN=C(NCCCCN1CCN(c2cccc(C)c2)CC1)NC(C)CCS(C)(=O)=O. The van der Waals surface area contributed by atoms with Crippen LogP contribution in [0, 0.1) is 6.92 Å². The van der Waals surface area contributed by atoms with Crippen LogP contribution >= 0.6 is 0 Å². The van der Waals surface area contributed by atoms with Gasteiger partial charge in [-0.15, -0.1) is 0 Å². The lowest BCUT2D eigenvalue weighted by atomic mass is 10.2. The van der Waals surface area contributed by atoms with Crippen LogP contribution in [0.25, 0.3) is 0 Å². The Morgan fingerprint density at radius 2 is 1.93 bits per heavy atom. The van der Waals surface area contributed by atoms with Gasteiger partial charge in [-0.3, -0.25) is 9.89 Å². The first kappa shape index (κ1) is 24.5. The van der Waals surface area contributed by atoms with Gasteiger partial charge in [-0.25, -0.2) is 8.42 Å². The Balaban J connectivity index is 1.58. The van der Waals surface area contributed by atoms with Crippen LogP contribution in [0.15, 0.2) is 29.3 Å². The lowest BCUT2D eigenvalue weighted by Crippen LogP contribution is -2.46. The number of nitrogens with one attached hydrogen (secondary N) is 2. The summed E-state index contributed by atoms with van der Waals surface area (Å²) < 4.78 is 22.6. The van der Waals surface area contributed by atoms with Crippen LogP contribution in [-0.2, 0) is 9.84 Å². The lowest BCUT2D eigenvalue weighted by molar-refractivity contribution is 0.253. The number of piperazine rings is 1. The molecule has 0 aromatic heterocycles. The zero-order valence-electron chi connectivity index (χ0n) is 19.0. The maximum Gasteiger partial charge on any atom is 0.191 e. The summed E-state index contributed by atoms with van der Waals surface area (Å²) >= 11 is 0. The monoisotopic (exact) mass is 437 g/mol. The third-order valence-electron chi connectivity index (χ3n) is 5.46. The largest absolute Gasteiger partial charge is 0.369 e. The van der Waals surface area contributed by atoms with Gasteiger partial charge in [-0.1, -0.05) is 12.1 Å². The van der Waals surface area contributed by atoms with Crippen molar-refractivity contribution in [3.63, 3.8) is 0 Å². The molecule has 30 heavy (non-hydrogen) atoms. The fourth-order valence-electron chi connectivity index (χ4n) is 3.61. The van der Waals surface area contributed by atoms with Crippen molar-refractivity contribution in [2.24, 2.45) is 4.99 Å². The summed E-state index contributed by atoms with van der Waals surface area (Å²) in [6.07, 6.45) is 4.08. The number of guanidine groups is 1. The van der Waals surface area contributed by atoms with E-state index in [1.807, 2.05) is 6.92 Å². The van der Waals surface area contributed by atoms with Crippen molar-refractivity contribution < 1.29 is 8.42 Å². The zero-order valence-corrected chi connectivity index (χ0v) is 19.8. The number of sulfone groups is 1. The van der Waals surface area contributed by atoms with Crippen LogP contribution in [0.3, 0.4) is 0 Å². The van der Waals surface area contributed by atoms with Crippen LogP contribution in [-0.4, -0.2) is 83.6 Å². The second-order valence-electron chi connectivity index (χ2n) is 8.34. The first-order valence-corrected chi connectivity index (χ1v) is 13.0. The Morgan fingerprint density at radius 3 is 2.57 bits per heavy atom. The van der Waals surface area contributed by atoms with Crippen LogP contribution in [0.2, 0.25) is 0 Å². The molecule has 1 aliphatic heterocycles. The number of aryl methyl sites for hydroxylation is 1. The molecule has 0 bridgehead atoms. The van der Waals surface area contributed by atoms with Gasteiger partial charge in [0.05, 0.1) is 5.75 Å². The molecule has 8 heteroatoms. The van der Waals surface area contributed by atoms with Gasteiger partial charge in [0.25, 0.3) is 0 Å². The predicted octanol–water partition coefficient (Wildman–Crippen LogP) is 1.89. The zero-order chi connectivity index (χ0) is 22.0. The lowest BCUT2D eigenvalue weighted by Gasteiger charge is -2.36. The van der Waals surface area contributed by atoms with Gasteiger partial charge in [0.2, 0.25) is 0 Å². The highest BCUT2D eigenvalue weighted by Gasteiger charge is 2.16. The fourth-order valence-corrected chi connectivity index (χ4v) is 4.39. The molecule has 1 fully saturated rings. The molecule has 170 valence electrons. The molecule has 1 aromatic carbocycles. The van der Waals surface area contributed by atoms with Crippen LogP contribution < -0.4 is 15.5 Å². The second kappa shape index (κ2) is 12.2. The molecule has 0 aliphatic carbocycles. The average Bonchev–Trinajstić information content (AvgIpc) is 2.71. The van der Waals surface area contributed by atoms with Crippen LogP contribution in [0.5, 0.6) is 0 Å². The number of rotatable bonds is 10. The first-order chi connectivity index (χ1) is 14.3. The molecule has 2 N–H and O–H groups in total. The minimum Gasteiger partial charge on any atom is -0.369 e. The fraction of sp³-hybridized carbons (Fsp3) is 0.682. The summed E-state index contributed by atoms with van der Waals surface area (Å²) in [6.45, 7) is 10.5. The van der Waals surface area contributed by atoms with E-state index in [0.717, 1.165) is 58.1 Å². The second-order valence-corrected chi connectivity index (χ2v) is 10.6. The van der Waals surface area contributed by atoms with E-state index in [1.165, 1.54) is 17.5 Å². The van der Waals surface area contributed by atoms with E-state index >= 15 is 0 Å². The topological polar surface area (TPSA) is 77.0 Å². The molecule has 1 aliphatic rings. The molecular weight excluding hydrogens is 398 g/mol. The highest BCUT2D eigenvalue weighted by Crippen LogP contribution is 2.17. The summed E-state index contributed by atoms with van der Waals surface area (Å²) in [7, 11) is -1.18. The number of anilines is 1. The van der Waals surface area contributed by atoms with E-state index in [9.17, 15) is 8.42 Å². The van der Waals surface area contributed by atoms with Crippen LogP contribution in [0.1, 0.15) is 31.7 Å². The smallest absolute Gasteiger partial charge is 0.191 e. The van der Waals surface area contributed by atoms with Crippen molar-refractivity contribution in [2.45, 2.75) is 39.2 Å². The highest BCUT2D eigenvalue weighted by molar-refractivity contribution is 7.90. The number of unbranched alkanes of at least 4 members (excludes halogenated alkanes) is 1. The molecule has 0 saturated carbocycles. The number of nitrogens with zero attached hydrogens (tertiary/aromatic N) is 3. The average molecular weight is 438 g/mol. The molecule has 1 heterocycles. The molecule has 1 aromatic rings. The van der Waals surface area contributed by atoms with Crippen molar-refractivity contribution >= 4 is 21.5 Å². The molecule has 7 nitrogen and oxygen atoms in total. The van der Waals surface area contributed by atoms with Gasteiger partial charge in [-0.05, 0) is 57.4 Å². The Kier molecular flexibility index (Phi) is 9.91. The van der Waals surface area contributed by atoms with E-state index in [1.54, 1.807) is 7.05 Å². The molecule has 1 atom stereocenters. The van der Waals surface area contributed by atoms with Gasteiger partial charge < -0.3 is 15.5 Å². The highest BCUT2D eigenvalue weighted by atomic mass is 32.2. The molecule has 1 unspecified atom stereocenters. The molecule has 1 saturated heterocycles. The summed E-state index contributed by atoms with van der Waals surface area (Å²) in [5.41, 5.74) is 2.65. The van der Waals surface area contributed by atoms with E-state index in [4.69, 9.17) is 0 Å². The van der Waals surface area contributed by atoms with Gasteiger partial charge in [0, 0.05) is 57.8 Å². The minimum atomic E-state index is -2.93. The minimum absolute atomic E-state index is 0.0654. The number of aliphatic imine (C=N–C) groups is 1. The Morgan fingerprint density at radius 1 is 1.20 bits per heavy atom. The van der Waals surface area contributed by atoms with Gasteiger partial charge in [0.1, 0.15) is 9.84 Å². The first-order valence-electron chi connectivity index (χ1n) is 11.0. The van der Waals surface area contributed by atoms with E-state index < -0.39 is 9.84 Å². The maximum atomic E-state index is 11.3. The van der Waals surface area contributed by atoms with Crippen molar-refractivity contribution in [1.82, 2.24) is 15.5 Å².